The molecule has 7 nitrogen and oxygen atoms in total. The van der Waals surface area contributed by atoms with Crippen LogP contribution in [0.15, 0.2) is 33.5 Å². The van der Waals surface area contributed by atoms with Crippen LogP contribution < -0.4 is 10.5 Å². The number of benzene rings is 1. The Morgan fingerprint density at radius 2 is 1.91 bits per heavy atom. The summed E-state index contributed by atoms with van der Waals surface area (Å²) in [5.41, 5.74) is 1.06. The lowest BCUT2D eigenvalue weighted by atomic mass is 10.1. The zero-order chi connectivity index (χ0) is 16.3. The summed E-state index contributed by atoms with van der Waals surface area (Å²) in [5.74, 6) is 0. The molecule has 1 aromatic heterocycles. The summed E-state index contributed by atoms with van der Waals surface area (Å²) in [7, 11) is -4.60. The maximum atomic E-state index is 11.6. The fraction of sp³-hybridized carbons (Fsp3) is 0.357. The smallest absolute Gasteiger partial charge is 0.423 e. The van der Waals surface area contributed by atoms with E-state index in [0.717, 1.165) is 18.8 Å². The van der Waals surface area contributed by atoms with Crippen molar-refractivity contribution in [2.24, 2.45) is 0 Å². The third-order valence-electron chi connectivity index (χ3n) is 3.33. The Kier molecular flexibility index (Phi) is 5.03. The Balaban J connectivity index is 2.47. The van der Waals surface area contributed by atoms with Gasteiger partial charge >= 0.3 is 13.4 Å². The van der Waals surface area contributed by atoms with E-state index in [1.54, 1.807) is 12.1 Å². The zero-order valence-corrected chi connectivity index (χ0v) is 13.2. The van der Waals surface area contributed by atoms with Gasteiger partial charge in [0.25, 0.3) is 0 Å². The Morgan fingerprint density at radius 3 is 2.50 bits per heavy atom. The molecule has 0 saturated heterocycles. The van der Waals surface area contributed by atoms with Crippen molar-refractivity contribution in [2.75, 3.05) is 18.0 Å². The summed E-state index contributed by atoms with van der Waals surface area (Å²) in [6, 6.07) is 6.54. The third kappa shape index (κ3) is 3.96. The molecule has 1 heterocycles. The topological polar surface area (TPSA) is 100 Å². The molecule has 0 aliphatic heterocycles. The van der Waals surface area contributed by atoms with E-state index in [1.807, 2.05) is 19.9 Å². The SMILES string of the molecule is CCN(CC)c1ccc2c(COP(=O)(O)O)cc(=O)oc2c1. The van der Waals surface area contributed by atoms with E-state index in [4.69, 9.17) is 14.2 Å². The largest absolute Gasteiger partial charge is 0.469 e. The highest BCUT2D eigenvalue weighted by atomic mass is 31.2. The van der Waals surface area contributed by atoms with E-state index in [2.05, 4.69) is 9.42 Å². The Labute approximate surface area is 127 Å². The minimum Gasteiger partial charge on any atom is -0.423 e. The Bertz CT molecular complexity index is 762. The predicted molar refractivity (Wildman–Crippen MR) is 82.9 cm³/mol. The molecule has 0 saturated carbocycles. The number of hydrogen-bond donors (Lipinski definition) is 2. The maximum Gasteiger partial charge on any atom is 0.469 e. The molecule has 2 aromatic rings. The van der Waals surface area contributed by atoms with Gasteiger partial charge in [-0.15, -0.1) is 0 Å². The first-order valence-corrected chi connectivity index (χ1v) is 8.39. The van der Waals surface area contributed by atoms with Crippen molar-refractivity contribution in [3.63, 3.8) is 0 Å². The van der Waals surface area contributed by atoms with Crippen molar-refractivity contribution in [1.82, 2.24) is 0 Å². The molecule has 0 unspecified atom stereocenters. The van der Waals surface area contributed by atoms with E-state index in [9.17, 15) is 9.36 Å². The minimum atomic E-state index is -4.60. The molecule has 0 aliphatic carbocycles. The highest BCUT2D eigenvalue weighted by Crippen LogP contribution is 2.37. The molecule has 0 atom stereocenters. The molecule has 0 spiro atoms. The van der Waals surface area contributed by atoms with Crippen LogP contribution in [0.25, 0.3) is 11.0 Å². The van der Waals surface area contributed by atoms with E-state index in [1.165, 1.54) is 6.07 Å². The van der Waals surface area contributed by atoms with Gasteiger partial charge in [0, 0.05) is 36.3 Å². The standard InChI is InChI=1S/C14H18NO6P/c1-3-15(4-2)11-5-6-12-10(9-20-22(17,18)19)7-14(16)21-13(12)8-11/h5-8H,3-4,9H2,1-2H3,(H2,17,18,19). The summed E-state index contributed by atoms with van der Waals surface area (Å²) < 4.78 is 20.5. The zero-order valence-electron chi connectivity index (χ0n) is 12.4. The number of anilines is 1. The van der Waals surface area contributed by atoms with Crippen LogP contribution in [0, 0.1) is 0 Å². The van der Waals surface area contributed by atoms with Crippen molar-refractivity contribution in [2.45, 2.75) is 20.5 Å². The van der Waals surface area contributed by atoms with Crippen molar-refractivity contribution < 1.29 is 23.3 Å². The van der Waals surface area contributed by atoms with Gasteiger partial charge in [0.05, 0.1) is 6.61 Å². The van der Waals surface area contributed by atoms with Crippen LogP contribution in [-0.4, -0.2) is 22.9 Å². The summed E-state index contributed by atoms with van der Waals surface area (Å²) in [6.07, 6.45) is 0. The first-order valence-electron chi connectivity index (χ1n) is 6.86. The highest BCUT2D eigenvalue weighted by Gasteiger charge is 2.16. The molecule has 120 valence electrons. The average molecular weight is 327 g/mol. The lowest BCUT2D eigenvalue weighted by Crippen LogP contribution is -2.21. The van der Waals surface area contributed by atoms with Gasteiger partial charge in [-0.05, 0) is 31.5 Å². The molecule has 1 aromatic carbocycles. The summed E-state index contributed by atoms with van der Waals surface area (Å²) >= 11 is 0. The number of phosphoric ester groups is 1. The van der Waals surface area contributed by atoms with Gasteiger partial charge in [-0.25, -0.2) is 9.36 Å². The Hall–Kier alpha value is -1.66. The summed E-state index contributed by atoms with van der Waals surface area (Å²) in [4.78, 5) is 31.3. The van der Waals surface area contributed by atoms with Gasteiger partial charge in [0.15, 0.2) is 0 Å². The highest BCUT2D eigenvalue weighted by molar-refractivity contribution is 7.46. The quantitative estimate of drug-likeness (QED) is 0.620. The Morgan fingerprint density at radius 1 is 1.23 bits per heavy atom. The predicted octanol–water partition coefficient (Wildman–Crippen LogP) is 2.25. The van der Waals surface area contributed by atoms with Crippen molar-refractivity contribution in [3.8, 4) is 0 Å². The first-order chi connectivity index (χ1) is 10.3. The maximum absolute atomic E-state index is 11.6. The molecular weight excluding hydrogens is 309 g/mol. The summed E-state index contributed by atoms with van der Waals surface area (Å²) in [5, 5.41) is 0.587. The van der Waals surface area contributed by atoms with Gasteiger partial charge in [-0.3, -0.25) is 4.52 Å². The number of hydrogen-bond acceptors (Lipinski definition) is 5. The van der Waals surface area contributed by atoms with Gasteiger partial charge in [-0.2, -0.15) is 0 Å². The van der Waals surface area contributed by atoms with Gasteiger partial charge in [-0.1, -0.05) is 0 Å². The number of rotatable bonds is 6. The second-order valence-corrected chi connectivity index (χ2v) is 5.95. The monoisotopic (exact) mass is 327 g/mol. The molecule has 8 heteroatoms. The van der Waals surface area contributed by atoms with Crippen LogP contribution in [0.5, 0.6) is 0 Å². The minimum absolute atomic E-state index is 0.362. The fourth-order valence-corrected chi connectivity index (χ4v) is 2.58. The van der Waals surface area contributed by atoms with Crippen LogP contribution >= 0.6 is 7.82 Å². The van der Waals surface area contributed by atoms with Gasteiger partial charge < -0.3 is 19.1 Å². The van der Waals surface area contributed by atoms with Crippen LogP contribution in [0.3, 0.4) is 0 Å². The lowest BCUT2D eigenvalue weighted by molar-refractivity contribution is 0.189. The van der Waals surface area contributed by atoms with Crippen LogP contribution in [0.1, 0.15) is 19.4 Å². The van der Waals surface area contributed by atoms with Crippen LogP contribution in [0.2, 0.25) is 0 Å². The van der Waals surface area contributed by atoms with Crippen LogP contribution in [0.4, 0.5) is 5.69 Å². The van der Waals surface area contributed by atoms with Crippen LogP contribution in [-0.2, 0) is 15.7 Å². The molecule has 0 amide bonds. The number of phosphoric acid groups is 1. The van der Waals surface area contributed by atoms with Crippen molar-refractivity contribution in [3.05, 3.63) is 40.2 Å². The third-order valence-corrected chi connectivity index (χ3v) is 3.80. The lowest BCUT2D eigenvalue weighted by Gasteiger charge is -2.21. The van der Waals surface area contributed by atoms with Crippen molar-refractivity contribution in [1.29, 1.82) is 0 Å². The van der Waals surface area contributed by atoms with E-state index >= 15 is 0 Å². The van der Waals surface area contributed by atoms with Gasteiger partial charge in [0.2, 0.25) is 0 Å². The average Bonchev–Trinajstić information content (AvgIpc) is 2.44. The molecule has 0 radical (unpaired) electrons. The second-order valence-electron chi connectivity index (χ2n) is 4.71. The molecule has 0 bridgehead atoms. The van der Waals surface area contributed by atoms with E-state index in [-0.39, 0.29) is 6.61 Å². The molecular formula is C14H18NO6P. The van der Waals surface area contributed by atoms with E-state index < -0.39 is 13.4 Å². The number of nitrogens with zero attached hydrogens (tertiary/aromatic N) is 1. The summed E-state index contributed by atoms with van der Waals surface area (Å²) in [6.45, 7) is 5.31. The van der Waals surface area contributed by atoms with Crippen molar-refractivity contribution >= 4 is 24.5 Å². The molecule has 2 N–H and O–H groups in total. The molecule has 0 fully saturated rings. The molecule has 22 heavy (non-hydrogen) atoms. The first kappa shape index (κ1) is 16.7. The molecule has 0 aliphatic rings. The number of fused-ring (bicyclic) bond motifs is 1. The van der Waals surface area contributed by atoms with Gasteiger partial charge in [0.1, 0.15) is 5.58 Å². The molecule has 2 rings (SSSR count). The fourth-order valence-electron chi connectivity index (χ4n) is 2.28. The van der Waals surface area contributed by atoms with E-state index in [0.29, 0.717) is 16.5 Å². The normalized spacial score (nSPS) is 11.8. The second kappa shape index (κ2) is 6.62.